The monoisotopic (exact) mass is 325 g/mol. The predicted molar refractivity (Wildman–Crippen MR) is 91.2 cm³/mol. The topological polar surface area (TPSA) is 71.0 Å². The van der Waals surface area contributed by atoms with Crippen LogP contribution in [0.3, 0.4) is 0 Å². The van der Waals surface area contributed by atoms with Gasteiger partial charge in [-0.2, -0.15) is 0 Å². The molecule has 1 amide bonds. The lowest BCUT2D eigenvalue weighted by Crippen LogP contribution is -2.27. The van der Waals surface area contributed by atoms with Gasteiger partial charge < -0.3 is 5.32 Å². The Bertz CT molecular complexity index is 704. The van der Waals surface area contributed by atoms with Crippen LogP contribution in [0.15, 0.2) is 30.7 Å². The lowest BCUT2D eigenvalue weighted by molar-refractivity contribution is -0.120. The average molecular weight is 325 g/mol. The molecule has 1 fully saturated rings. The van der Waals surface area contributed by atoms with E-state index >= 15 is 0 Å². The molecule has 1 saturated heterocycles. The van der Waals surface area contributed by atoms with E-state index in [9.17, 15) is 4.79 Å². The normalized spacial score (nSPS) is 17.8. The Hall–Kier alpha value is -2.34. The van der Waals surface area contributed by atoms with E-state index in [0.717, 1.165) is 35.6 Å². The van der Waals surface area contributed by atoms with Crippen LogP contribution in [-0.2, 0) is 17.8 Å². The molecular formula is C18H23N5O. The third kappa shape index (κ3) is 3.94. The number of hydrogen-bond acceptors (Lipinski definition) is 5. The largest absolute Gasteiger partial charge is 0.352 e. The van der Waals surface area contributed by atoms with Crippen LogP contribution < -0.4 is 5.32 Å². The quantitative estimate of drug-likeness (QED) is 0.908. The van der Waals surface area contributed by atoms with E-state index in [1.807, 2.05) is 25.3 Å². The van der Waals surface area contributed by atoms with Gasteiger partial charge in [0.05, 0.1) is 18.2 Å². The number of pyridine rings is 1. The summed E-state index contributed by atoms with van der Waals surface area (Å²) < 4.78 is 0. The fourth-order valence-electron chi connectivity index (χ4n) is 3.14. The van der Waals surface area contributed by atoms with Crippen molar-refractivity contribution in [1.82, 2.24) is 25.2 Å². The minimum absolute atomic E-state index is 0.0192. The summed E-state index contributed by atoms with van der Waals surface area (Å²) in [6, 6.07) is 4.06. The van der Waals surface area contributed by atoms with Gasteiger partial charge in [0, 0.05) is 30.7 Å². The standard InChI is InChI=1S/C18H23N5O/c1-13-20-11-15(18(22-13)16-6-4-8-23(16)2)12-21-17(24)9-14-5-3-7-19-10-14/h3,5,7,10-11,16H,4,6,8-9,12H2,1-2H3,(H,21,24). The first-order valence-corrected chi connectivity index (χ1v) is 8.32. The van der Waals surface area contributed by atoms with Crippen molar-refractivity contribution in [1.29, 1.82) is 0 Å². The van der Waals surface area contributed by atoms with Gasteiger partial charge in [0.2, 0.25) is 5.91 Å². The molecule has 24 heavy (non-hydrogen) atoms. The van der Waals surface area contributed by atoms with Gasteiger partial charge in [-0.1, -0.05) is 6.07 Å². The molecule has 0 saturated carbocycles. The van der Waals surface area contributed by atoms with Crippen molar-refractivity contribution in [3.8, 4) is 0 Å². The molecule has 2 aromatic heterocycles. The van der Waals surface area contributed by atoms with Crippen molar-refractivity contribution >= 4 is 5.91 Å². The molecule has 6 heteroatoms. The van der Waals surface area contributed by atoms with E-state index in [-0.39, 0.29) is 5.91 Å². The smallest absolute Gasteiger partial charge is 0.224 e. The Morgan fingerprint density at radius 1 is 1.42 bits per heavy atom. The molecule has 1 N–H and O–H groups in total. The van der Waals surface area contributed by atoms with Crippen molar-refractivity contribution in [3.05, 3.63) is 53.4 Å². The second kappa shape index (κ2) is 7.49. The van der Waals surface area contributed by atoms with Crippen LogP contribution in [0.25, 0.3) is 0 Å². The zero-order chi connectivity index (χ0) is 16.9. The van der Waals surface area contributed by atoms with Gasteiger partial charge in [0.1, 0.15) is 5.82 Å². The summed E-state index contributed by atoms with van der Waals surface area (Å²) in [4.78, 5) is 27.5. The van der Waals surface area contributed by atoms with E-state index in [1.54, 1.807) is 12.4 Å². The second-order valence-electron chi connectivity index (χ2n) is 6.28. The molecule has 0 radical (unpaired) electrons. The first-order chi connectivity index (χ1) is 11.6. The molecule has 1 atom stereocenters. The molecule has 3 heterocycles. The molecule has 0 aromatic carbocycles. The first kappa shape index (κ1) is 16.5. The Morgan fingerprint density at radius 3 is 3.00 bits per heavy atom. The van der Waals surface area contributed by atoms with Gasteiger partial charge in [-0.05, 0) is 45.0 Å². The Labute approximate surface area is 142 Å². The summed E-state index contributed by atoms with van der Waals surface area (Å²) in [5, 5.41) is 2.98. The minimum Gasteiger partial charge on any atom is -0.352 e. The molecule has 1 aliphatic rings. The second-order valence-corrected chi connectivity index (χ2v) is 6.28. The van der Waals surface area contributed by atoms with Crippen LogP contribution in [0.1, 0.15) is 41.5 Å². The molecule has 1 unspecified atom stereocenters. The predicted octanol–water partition coefficient (Wildman–Crippen LogP) is 1.81. The third-order valence-corrected chi connectivity index (χ3v) is 4.42. The zero-order valence-corrected chi connectivity index (χ0v) is 14.2. The fourth-order valence-corrected chi connectivity index (χ4v) is 3.14. The van der Waals surface area contributed by atoms with Crippen LogP contribution in [-0.4, -0.2) is 39.4 Å². The van der Waals surface area contributed by atoms with Crippen LogP contribution >= 0.6 is 0 Å². The summed E-state index contributed by atoms with van der Waals surface area (Å²) in [6.07, 6.45) is 7.87. The number of aromatic nitrogens is 3. The Balaban J connectivity index is 1.67. The molecule has 6 nitrogen and oxygen atoms in total. The Kier molecular flexibility index (Phi) is 5.15. The maximum atomic E-state index is 12.2. The van der Waals surface area contributed by atoms with Crippen molar-refractivity contribution in [2.45, 2.75) is 38.8 Å². The van der Waals surface area contributed by atoms with Gasteiger partial charge >= 0.3 is 0 Å². The molecular weight excluding hydrogens is 302 g/mol. The summed E-state index contributed by atoms with van der Waals surface area (Å²) in [5.41, 5.74) is 2.95. The molecule has 2 aromatic rings. The number of likely N-dealkylation sites (tertiary alicyclic amines) is 1. The number of nitrogens with zero attached hydrogens (tertiary/aromatic N) is 4. The van der Waals surface area contributed by atoms with Gasteiger partial charge in [-0.15, -0.1) is 0 Å². The highest BCUT2D eigenvalue weighted by atomic mass is 16.1. The summed E-state index contributed by atoms with van der Waals surface area (Å²) in [5.74, 6) is 0.755. The lowest BCUT2D eigenvalue weighted by atomic mass is 10.1. The van der Waals surface area contributed by atoms with Gasteiger partial charge in [0.15, 0.2) is 0 Å². The first-order valence-electron chi connectivity index (χ1n) is 8.32. The van der Waals surface area contributed by atoms with Crippen LogP contribution in [0.4, 0.5) is 0 Å². The highest BCUT2D eigenvalue weighted by Crippen LogP contribution is 2.30. The van der Waals surface area contributed by atoms with Crippen LogP contribution in [0, 0.1) is 6.92 Å². The van der Waals surface area contributed by atoms with E-state index in [1.165, 1.54) is 6.42 Å². The lowest BCUT2D eigenvalue weighted by Gasteiger charge is -2.21. The highest BCUT2D eigenvalue weighted by molar-refractivity contribution is 5.78. The molecule has 3 rings (SSSR count). The minimum atomic E-state index is -0.0192. The number of nitrogens with one attached hydrogen (secondary N) is 1. The fraction of sp³-hybridized carbons (Fsp3) is 0.444. The van der Waals surface area contributed by atoms with Crippen molar-refractivity contribution in [2.24, 2.45) is 0 Å². The Morgan fingerprint density at radius 2 is 2.29 bits per heavy atom. The third-order valence-electron chi connectivity index (χ3n) is 4.42. The summed E-state index contributed by atoms with van der Waals surface area (Å²) >= 11 is 0. The number of rotatable bonds is 5. The van der Waals surface area contributed by atoms with Gasteiger partial charge in [-0.25, -0.2) is 9.97 Å². The van der Waals surface area contributed by atoms with Gasteiger partial charge in [-0.3, -0.25) is 14.7 Å². The van der Waals surface area contributed by atoms with Crippen LogP contribution in [0.5, 0.6) is 0 Å². The maximum absolute atomic E-state index is 12.2. The van der Waals surface area contributed by atoms with E-state index < -0.39 is 0 Å². The van der Waals surface area contributed by atoms with Crippen molar-refractivity contribution in [2.75, 3.05) is 13.6 Å². The molecule has 126 valence electrons. The SMILES string of the molecule is Cc1ncc(CNC(=O)Cc2cccnc2)c(C2CCCN2C)n1. The highest BCUT2D eigenvalue weighted by Gasteiger charge is 2.26. The summed E-state index contributed by atoms with van der Waals surface area (Å²) in [6.45, 7) is 3.45. The molecule has 0 bridgehead atoms. The molecule has 0 aliphatic carbocycles. The zero-order valence-electron chi connectivity index (χ0n) is 14.2. The van der Waals surface area contributed by atoms with E-state index in [0.29, 0.717) is 19.0 Å². The van der Waals surface area contributed by atoms with E-state index in [4.69, 9.17) is 0 Å². The number of carbonyl (C=O) groups excluding carboxylic acids is 1. The number of hydrogen-bond donors (Lipinski definition) is 1. The number of amides is 1. The van der Waals surface area contributed by atoms with Crippen molar-refractivity contribution in [3.63, 3.8) is 0 Å². The van der Waals surface area contributed by atoms with E-state index in [2.05, 4.69) is 32.2 Å². The number of aryl methyl sites for hydroxylation is 1. The van der Waals surface area contributed by atoms with Crippen molar-refractivity contribution < 1.29 is 4.79 Å². The van der Waals surface area contributed by atoms with Crippen LogP contribution in [0.2, 0.25) is 0 Å². The average Bonchev–Trinajstić information content (AvgIpc) is 3.00. The molecule has 0 spiro atoms. The number of carbonyl (C=O) groups is 1. The maximum Gasteiger partial charge on any atom is 0.224 e. The molecule has 1 aliphatic heterocycles. The summed E-state index contributed by atoms with van der Waals surface area (Å²) in [7, 11) is 2.12. The van der Waals surface area contributed by atoms with Gasteiger partial charge in [0.25, 0.3) is 0 Å².